The number of anilines is 1. The lowest BCUT2D eigenvalue weighted by atomic mass is 10.1. The monoisotopic (exact) mass is 329 g/mol. The van der Waals surface area contributed by atoms with E-state index in [1.165, 1.54) is 0 Å². The Bertz CT molecular complexity index is 752. The van der Waals surface area contributed by atoms with Crippen molar-refractivity contribution in [3.8, 4) is 0 Å². The van der Waals surface area contributed by atoms with Gasteiger partial charge >= 0.3 is 5.97 Å². The van der Waals surface area contributed by atoms with E-state index in [9.17, 15) is 14.4 Å². The maximum atomic E-state index is 12.1. The molecule has 3 rings (SSSR count). The number of amides is 1. The average molecular weight is 329 g/mol. The lowest BCUT2D eigenvalue weighted by Gasteiger charge is -2.05. The van der Waals surface area contributed by atoms with Crippen LogP contribution in [0, 0.1) is 0 Å². The van der Waals surface area contributed by atoms with Crippen molar-refractivity contribution in [1.29, 1.82) is 0 Å². The third-order valence-corrected chi connectivity index (χ3v) is 4.51. The van der Waals surface area contributed by atoms with E-state index in [1.54, 1.807) is 29.5 Å². The van der Waals surface area contributed by atoms with E-state index in [-0.39, 0.29) is 37.1 Å². The normalized spacial score (nSPS) is 12.6. The molecule has 5 nitrogen and oxygen atoms in total. The van der Waals surface area contributed by atoms with Gasteiger partial charge in [-0.25, -0.2) is 0 Å². The van der Waals surface area contributed by atoms with Crippen LogP contribution < -0.4 is 5.32 Å². The largest absolute Gasteiger partial charge is 0.457 e. The van der Waals surface area contributed by atoms with Crippen LogP contribution in [-0.4, -0.2) is 24.3 Å². The molecule has 0 bridgehead atoms. The molecule has 118 valence electrons. The Kier molecular flexibility index (Phi) is 4.52. The number of carbonyl (C=O) groups excluding carboxylic acids is 3. The van der Waals surface area contributed by atoms with Gasteiger partial charge in [0.05, 0.1) is 12.8 Å². The molecule has 1 aromatic carbocycles. The lowest BCUT2D eigenvalue weighted by Crippen LogP contribution is -2.14. The molecule has 2 heterocycles. The first-order chi connectivity index (χ1) is 11.1. The molecule has 2 aromatic rings. The molecular formula is C17H15NO4S. The summed E-state index contributed by atoms with van der Waals surface area (Å²) in [5.74, 6) is -0.731. The van der Waals surface area contributed by atoms with Crippen LogP contribution in [0.1, 0.15) is 27.2 Å². The predicted octanol–water partition coefficient (Wildman–Crippen LogP) is 2.60. The summed E-state index contributed by atoms with van der Waals surface area (Å²) in [4.78, 5) is 36.2. The van der Waals surface area contributed by atoms with Gasteiger partial charge in [-0.05, 0) is 41.6 Å². The molecule has 1 amide bonds. The van der Waals surface area contributed by atoms with E-state index in [4.69, 9.17) is 4.74 Å². The van der Waals surface area contributed by atoms with Gasteiger partial charge in [-0.2, -0.15) is 0 Å². The maximum Gasteiger partial charge on any atom is 0.306 e. The fourth-order valence-corrected chi connectivity index (χ4v) is 3.09. The molecule has 0 saturated heterocycles. The van der Waals surface area contributed by atoms with E-state index in [0.717, 1.165) is 16.1 Å². The van der Waals surface area contributed by atoms with Crippen molar-refractivity contribution in [1.82, 2.24) is 0 Å². The van der Waals surface area contributed by atoms with Crippen LogP contribution in [0.2, 0.25) is 0 Å². The van der Waals surface area contributed by atoms with Gasteiger partial charge in [0, 0.05) is 16.1 Å². The van der Waals surface area contributed by atoms with Gasteiger partial charge in [-0.15, -0.1) is 11.3 Å². The number of hydrogen-bond acceptors (Lipinski definition) is 5. The quantitative estimate of drug-likeness (QED) is 0.653. The van der Waals surface area contributed by atoms with Crippen LogP contribution in [-0.2, 0) is 27.2 Å². The Morgan fingerprint density at radius 2 is 2.13 bits per heavy atom. The minimum atomic E-state index is -0.384. The van der Waals surface area contributed by atoms with E-state index < -0.39 is 0 Å². The molecule has 0 aliphatic carbocycles. The Morgan fingerprint density at radius 3 is 2.91 bits per heavy atom. The van der Waals surface area contributed by atoms with E-state index in [1.807, 2.05) is 17.5 Å². The summed E-state index contributed by atoms with van der Waals surface area (Å²) in [6.45, 7) is -0.274. The number of Topliss-reactive ketones (excluding diaryl/α,β-unsaturated/α-hetero) is 1. The fourth-order valence-electron chi connectivity index (χ4n) is 2.38. The second-order valence-corrected chi connectivity index (χ2v) is 6.29. The maximum absolute atomic E-state index is 12.1. The summed E-state index contributed by atoms with van der Waals surface area (Å²) in [5.41, 5.74) is 1.98. The molecule has 0 spiro atoms. The highest BCUT2D eigenvalue weighted by Crippen LogP contribution is 2.24. The smallest absolute Gasteiger partial charge is 0.306 e. The Labute approximate surface area is 137 Å². The molecule has 0 radical (unpaired) electrons. The fraction of sp³-hybridized carbons (Fsp3) is 0.235. The minimum Gasteiger partial charge on any atom is -0.457 e. The van der Waals surface area contributed by atoms with Gasteiger partial charge in [-0.1, -0.05) is 6.07 Å². The number of nitrogens with one attached hydrogen (secondary N) is 1. The lowest BCUT2D eigenvalue weighted by molar-refractivity contribution is -0.142. The van der Waals surface area contributed by atoms with Crippen LogP contribution in [0.5, 0.6) is 0 Å². The van der Waals surface area contributed by atoms with Crippen LogP contribution in [0.4, 0.5) is 5.69 Å². The van der Waals surface area contributed by atoms with Crippen molar-refractivity contribution in [2.24, 2.45) is 0 Å². The van der Waals surface area contributed by atoms with Crippen molar-refractivity contribution in [3.63, 3.8) is 0 Å². The number of benzene rings is 1. The highest BCUT2D eigenvalue weighted by molar-refractivity contribution is 7.09. The van der Waals surface area contributed by atoms with Crippen molar-refractivity contribution >= 4 is 34.7 Å². The summed E-state index contributed by atoms with van der Waals surface area (Å²) < 4.78 is 5.03. The van der Waals surface area contributed by atoms with Gasteiger partial charge < -0.3 is 10.1 Å². The van der Waals surface area contributed by atoms with Crippen LogP contribution >= 0.6 is 11.3 Å². The minimum absolute atomic E-state index is 0.0791. The SMILES string of the molecule is O=C1Cc2cc(C(=O)COC(=O)CCc3cccs3)ccc2N1. The number of rotatable bonds is 6. The third kappa shape index (κ3) is 3.84. The molecule has 1 aliphatic heterocycles. The Morgan fingerprint density at radius 1 is 1.26 bits per heavy atom. The molecule has 1 aromatic heterocycles. The van der Waals surface area contributed by atoms with Gasteiger partial charge in [0.2, 0.25) is 5.91 Å². The Hall–Kier alpha value is -2.47. The van der Waals surface area contributed by atoms with Gasteiger partial charge in [0.25, 0.3) is 0 Å². The van der Waals surface area contributed by atoms with Crippen molar-refractivity contribution in [3.05, 3.63) is 51.7 Å². The van der Waals surface area contributed by atoms with Gasteiger partial charge in [-0.3, -0.25) is 14.4 Å². The zero-order valence-electron chi connectivity index (χ0n) is 12.3. The van der Waals surface area contributed by atoms with Gasteiger partial charge in [0.15, 0.2) is 12.4 Å². The molecule has 1 N–H and O–H groups in total. The topological polar surface area (TPSA) is 72.5 Å². The molecule has 0 atom stereocenters. The number of aryl methyl sites for hydroxylation is 1. The summed E-state index contributed by atoms with van der Waals surface area (Å²) in [6, 6.07) is 8.90. The molecule has 0 fully saturated rings. The number of ether oxygens (including phenoxy) is 1. The van der Waals surface area contributed by atoms with Crippen LogP contribution in [0.15, 0.2) is 35.7 Å². The van der Waals surface area contributed by atoms with Gasteiger partial charge in [0.1, 0.15) is 0 Å². The summed E-state index contributed by atoms with van der Waals surface area (Å²) in [6.07, 6.45) is 1.16. The molecule has 0 unspecified atom stereocenters. The summed E-state index contributed by atoms with van der Waals surface area (Å²) in [5, 5.41) is 4.67. The van der Waals surface area contributed by atoms with Crippen molar-refractivity contribution in [2.75, 3.05) is 11.9 Å². The van der Waals surface area contributed by atoms with Crippen LogP contribution in [0.3, 0.4) is 0 Å². The number of carbonyl (C=O) groups is 3. The van der Waals surface area contributed by atoms with Crippen molar-refractivity contribution in [2.45, 2.75) is 19.3 Å². The number of thiophene rings is 1. The highest BCUT2D eigenvalue weighted by Gasteiger charge is 2.19. The first-order valence-electron chi connectivity index (χ1n) is 7.26. The number of ketones is 1. The number of esters is 1. The first kappa shape index (κ1) is 15.4. The van der Waals surface area contributed by atoms with E-state index >= 15 is 0 Å². The third-order valence-electron chi connectivity index (χ3n) is 3.57. The second-order valence-electron chi connectivity index (χ2n) is 5.26. The molecule has 0 saturated carbocycles. The zero-order chi connectivity index (χ0) is 16.2. The van der Waals surface area contributed by atoms with E-state index in [2.05, 4.69) is 5.32 Å². The molecular weight excluding hydrogens is 314 g/mol. The number of hydrogen-bond donors (Lipinski definition) is 1. The van der Waals surface area contributed by atoms with Crippen LogP contribution in [0.25, 0.3) is 0 Å². The predicted molar refractivity (Wildman–Crippen MR) is 86.7 cm³/mol. The summed E-state index contributed by atoms with van der Waals surface area (Å²) >= 11 is 1.59. The summed E-state index contributed by atoms with van der Waals surface area (Å²) in [7, 11) is 0. The average Bonchev–Trinajstić information content (AvgIpc) is 3.17. The standard InChI is InChI=1S/C17H15NO4S/c19-15(10-22-17(21)6-4-13-2-1-7-23-13)11-3-5-14-12(8-11)9-16(20)18-14/h1-3,5,7-8H,4,6,9-10H2,(H,18,20). The first-order valence-corrected chi connectivity index (χ1v) is 8.14. The second kappa shape index (κ2) is 6.75. The molecule has 6 heteroatoms. The number of fused-ring (bicyclic) bond motifs is 1. The zero-order valence-corrected chi connectivity index (χ0v) is 13.2. The molecule has 1 aliphatic rings. The Balaban J connectivity index is 1.50. The van der Waals surface area contributed by atoms with Crippen molar-refractivity contribution < 1.29 is 19.1 Å². The highest BCUT2D eigenvalue weighted by atomic mass is 32.1. The van der Waals surface area contributed by atoms with E-state index in [0.29, 0.717) is 12.0 Å². The molecule has 23 heavy (non-hydrogen) atoms.